The summed E-state index contributed by atoms with van der Waals surface area (Å²) in [6, 6.07) is 8.12. The van der Waals surface area contributed by atoms with Crippen molar-refractivity contribution in [3.05, 3.63) is 41.9 Å². The Labute approximate surface area is 197 Å². The first-order chi connectivity index (χ1) is 15.6. The number of benzene rings is 1. The van der Waals surface area contributed by atoms with E-state index in [1.54, 1.807) is 25.1 Å². The van der Waals surface area contributed by atoms with Crippen molar-refractivity contribution in [1.29, 1.82) is 5.26 Å². The Kier molecular flexibility index (Phi) is 8.14. The molecule has 0 aliphatic carbocycles. The lowest BCUT2D eigenvalue weighted by Crippen LogP contribution is -2.47. The second-order valence-corrected chi connectivity index (χ2v) is 9.66. The third-order valence-corrected chi connectivity index (χ3v) is 4.49. The molecule has 184 valence electrons. The minimum Gasteiger partial charge on any atom is -0.489 e. The van der Waals surface area contributed by atoms with E-state index in [1.165, 1.54) is 6.07 Å². The molecule has 2 rings (SSSR count). The van der Waals surface area contributed by atoms with E-state index < -0.39 is 29.2 Å². The number of para-hydroxylation sites is 1. The lowest BCUT2D eigenvalue weighted by Gasteiger charge is -2.33. The van der Waals surface area contributed by atoms with Crippen LogP contribution in [0, 0.1) is 17.2 Å². The van der Waals surface area contributed by atoms with Gasteiger partial charge in [-0.2, -0.15) is 18.4 Å². The van der Waals surface area contributed by atoms with E-state index in [-0.39, 0.29) is 35.1 Å². The number of nitrogens with one attached hydrogen (secondary N) is 1. The van der Waals surface area contributed by atoms with Crippen LogP contribution in [-0.2, 0) is 10.9 Å². The molecular formula is C24H29F3N4O3. The molecule has 0 spiro atoms. The Hall–Kier alpha value is -3.35. The number of halogens is 3. The van der Waals surface area contributed by atoms with Crippen molar-refractivity contribution in [2.45, 2.75) is 65.3 Å². The molecule has 0 unspecified atom stereocenters. The Balaban J connectivity index is 2.39. The maximum absolute atomic E-state index is 13.2. The first kappa shape index (κ1) is 26.9. The van der Waals surface area contributed by atoms with Gasteiger partial charge in [-0.05, 0) is 52.2 Å². The molecule has 0 radical (unpaired) electrons. The summed E-state index contributed by atoms with van der Waals surface area (Å²) >= 11 is 0. The molecule has 1 amide bonds. The molecule has 0 aliphatic rings. The van der Waals surface area contributed by atoms with Gasteiger partial charge in [-0.3, -0.25) is 0 Å². The number of carbonyl (C=O) groups excluding carboxylic acids is 1. The Morgan fingerprint density at radius 3 is 2.38 bits per heavy atom. The number of hydrogen-bond donors (Lipinski definition) is 1. The van der Waals surface area contributed by atoms with Crippen LogP contribution >= 0.6 is 0 Å². The van der Waals surface area contributed by atoms with Gasteiger partial charge in [-0.1, -0.05) is 26.0 Å². The number of rotatable bonds is 7. The molecule has 0 bridgehead atoms. The van der Waals surface area contributed by atoms with E-state index in [2.05, 4.69) is 15.3 Å². The summed E-state index contributed by atoms with van der Waals surface area (Å²) in [6.45, 7) is 11.1. The minimum atomic E-state index is -4.78. The Morgan fingerprint density at radius 2 is 1.82 bits per heavy atom. The highest BCUT2D eigenvalue weighted by Gasteiger charge is 2.36. The van der Waals surface area contributed by atoms with Gasteiger partial charge in [0.25, 0.3) is 0 Å². The fourth-order valence-electron chi connectivity index (χ4n) is 3.37. The second kappa shape index (κ2) is 10.3. The summed E-state index contributed by atoms with van der Waals surface area (Å²) in [7, 11) is 0. The second-order valence-electron chi connectivity index (χ2n) is 9.66. The number of nitrogens with zero attached hydrogens (tertiary/aromatic N) is 3. The standard InChI is InChI=1S/C24H29F3N4O3/c1-15(2)11-23(6,34-21(32)31-22(3,4)5)14-33-18-10-8-7-9-17(18)19-16(12-28)13-29-20(30-19)24(25,26)27/h7-10,13,15H,11,14H2,1-6H3,(H,31,32)/t23-/m0/s1. The van der Waals surface area contributed by atoms with Crippen molar-refractivity contribution in [3.8, 4) is 23.1 Å². The van der Waals surface area contributed by atoms with Crippen molar-refractivity contribution in [1.82, 2.24) is 15.3 Å². The van der Waals surface area contributed by atoms with Crippen LogP contribution in [0.5, 0.6) is 5.75 Å². The predicted octanol–water partition coefficient (Wildman–Crippen LogP) is 5.74. The molecule has 0 saturated heterocycles. The van der Waals surface area contributed by atoms with Gasteiger partial charge in [0, 0.05) is 17.3 Å². The van der Waals surface area contributed by atoms with Crippen molar-refractivity contribution < 1.29 is 27.4 Å². The molecule has 1 atom stereocenters. The molecular weight excluding hydrogens is 449 g/mol. The first-order valence-electron chi connectivity index (χ1n) is 10.7. The van der Waals surface area contributed by atoms with Crippen molar-refractivity contribution >= 4 is 6.09 Å². The first-order valence-corrected chi connectivity index (χ1v) is 10.7. The van der Waals surface area contributed by atoms with E-state index in [0.29, 0.717) is 6.42 Å². The van der Waals surface area contributed by atoms with E-state index >= 15 is 0 Å². The van der Waals surface area contributed by atoms with Gasteiger partial charge in [-0.15, -0.1) is 0 Å². The number of alkyl carbamates (subject to hydrolysis) is 1. The number of carbonyl (C=O) groups is 1. The molecule has 10 heteroatoms. The highest BCUT2D eigenvalue weighted by Crippen LogP contribution is 2.34. The monoisotopic (exact) mass is 478 g/mol. The molecule has 0 aliphatic heterocycles. The van der Waals surface area contributed by atoms with Gasteiger partial charge in [0.1, 0.15) is 24.0 Å². The van der Waals surface area contributed by atoms with Gasteiger partial charge in [0.15, 0.2) is 0 Å². The molecule has 0 saturated carbocycles. The predicted molar refractivity (Wildman–Crippen MR) is 120 cm³/mol. The molecule has 1 aromatic heterocycles. The zero-order valence-corrected chi connectivity index (χ0v) is 20.1. The van der Waals surface area contributed by atoms with Crippen molar-refractivity contribution in [2.75, 3.05) is 6.61 Å². The zero-order chi connectivity index (χ0) is 25.7. The molecule has 2 aromatic rings. The largest absolute Gasteiger partial charge is 0.489 e. The topological polar surface area (TPSA) is 97.1 Å². The third-order valence-electron chi connectivity index (χ3n) is 4.49. The Bertz CT molecular complexity index is 1060. The van der Waals surface area contributed by atoms with Crippen LogP contribution in [0.15, 0.2) is 30.5 Å². The van der Waals surface area contributed by atoms with E-state index in [9.17, 15) is 23.2 Å². The lowest BCUT2D eigenvalue weighted by molar-refractivity contribution is -0.144. The highest BCUT2D eigenvalue weighted by molar-refractivity contribution is 5.72. The number of hydrogen-bond acceptors (Lipinski definition) is 6. The smallest absolute Gasteiger partial charge is 0.451 e. The van der Waals surface area contributed by atoms with Crippen LogP contribution in [0.4, 0.5) is 18.0 Å². The van der Waals surface area contributed by atoms with Crippen molar-refractivity contribution in [2.24, 2.45) is 5.92 Å². The summed E-state index contributed by atoms with van der Waals surface area (Å²) in [6.07, 6.45) is -4.07. The van der Waals surface area contributed by atoms with Crippen LogP contribution in [0.25, 0.3) is 11.3 Å². The summed E-state index contributed by atoms with van der Waals surface area (Å²) in [4.78, 5) is 19.3. The van der Waals surface area contributed by atoms with Crippen LogP contribution < -0.4 is 10.1 Å². The molecule has 34 heavy (non-hydrogen) atoms. The van der Waals surface area contributed by atoms with Crippen LogP contribution in [0.1, 0.15) is 59.4 Å². The molecule has 1 aromatic carbocycles. The molecule has 0 fully saturated rings. The number of alkyl halides is 3. The molecule has 1 heterocycles. The number of aromatic nitrogens is 2. The third kappa shape index (κ3) is 7.61. The fourth-order valence-corrected chi connectivity index (χ4v) is 3.37. The molecule has 1 N–H and O–H groups in total. The fraction of sp³-hybridized carbons (Fsp3) is 0.500. The maximum Gasteiger partial charge on any atom is 0.451 e. The van der Waals surface area contributed by atoms with Crippen LogP contribution in [0.2, 0.25) is 0 Å². The van der Waals surface area contributed by atoms with E-state index in [4.69, 9.17) is 9.47 Å². The summed E-state index contributed by atoms with van der Waals surface area (Å²) in [5.41, 5.74) is -1.66. The lowest BCUT2D eigenvalue weighted by atomic mass is 9.94. The number of ether oxygens (including phenoxy) is 2. The molecule has 7 nitrogen and oxygen atoms in total. The summed E-state index contributed by atoms with van der Waals surface area (Å²) < 4.78 is 51.2. The minimum absolute atomic E-state index is 0.0706. The normalized spacial score (nSPS) is 13.7. The van der Waals surface area contributed by atoms with Gasteiger partial charge in [-0.25, -0.2) is 14.8 Å². The number of amides is 1. The quantitative estimate of drug-likeness (QED) is 0.545. The van der Waals surface area contributed by atoms with Crippen molar-refractivity contribution in [3.63, 3.8) is 0 Å². The van der Waals surface area contributed by atoms with Gasteiger partial charge >= 0.3 is 12.3 Å². The van der Waals surface area contributed by atoms with Gasteiger partial charge in [0.05, 0.1) is 11.3 Å². The van der Waals surface area contributed by atoms with E-state index in [1.807, 2.05) is 40.7 Å². The van der Waals surface area contributed by atoms with Crippen LogP contribution in [-0.4, -0.2) is 33.8 Å². The SMILES string of the molecule is CC(C)C[C@@](C)(COc1ccccc1-c1nc(C(F)(F)F)ncc1C#N)OC(=O)NC(C)(C)C. The zero-order valence-electron chi connectivity index (χ0n) is 20.1. The Morgan fingerprint density at radius 1 is 1.18 bits per heavy atom. The average Bonchev–Trinajstić information content (AvgIpc) is 2.69. The maximum atomic E-state index is 13.2. The average molecular weight is 479 g/mol. The van der Waals surface area contributed by atoms with E-state index in [0.717, 1.165) is 6.20 Å². The summed E-state index contributed by atoms with van der Waals surface area (Å²) in [5, 5.41) is 12.1. The van der Waals surface area contributed by atoms with Crippen LogP contribution in [0.3, 0.4) is 0 Å². The van der Waals surface area contributed by atoms with Gasteiger partial charge in [0.2, 0.25) is 5.82 Å². The van der Waals surface area contributed by atoms with Gasteiger partial charge < -0.3 is 14.8 Å². The highest BCUT2D eigenvalue weighted by atomic mass is 19.4. The number of nitriles is 1. The summed E-state index contributed by atoms with van der Waals surface area (Å²) in [5.74, 6) is -1.00.